The molecule has 3 rings (SSSR count). The van der Waals surface area contributed by atoms with Crippen LogP contribution in [0.2, 0.25) is 0 Å². The van der Waals surface area contributed by atoms with Crippen molar-refractivity contribution >= 4 is 27.5 Å². The van der Waals surface area contributed by atoms with Crippen LogP contribution < -0.4 is 5.32 Å². The van der Waals surface area contributed by atoms with E-state index >= 15 is 0 Å². The molecule has 1 fully saturated rings. The standard InChI is InChI=1S/C16H17BrN2O3/c17-15-5-4-14(22-15)16(20)18-13-3-1-2-12(10-13)11-19-6-8-21-9-7-19/h1-5,10H,6-9,11H2,(H,18,20). The number of furan rings is 1. The summed E-state index contributed by atoms with van der Waals surface area (Å²) in [7, 11) is 0. The molecule has 1 saturated heterocycles. The first-order chi connectivity index (χ1) is 10.7. The van der Waals surface area contributed by atoms with Crippen LogP contribution in [0.25, 0.3) is 0 Å². The monoisotopic (exact) mass is 364 g/mol. The molecule has 1 aromatic heterocycles. The predicted octanol–water partition coefficient (Wildman–Crippen LogP) is 3.13. The van der Waals surface area contributed by atoms with Gasteiger partial charge in [0.15, 0.2) is 10.4 Å². The van der Waals surface area contributed by atoms with Crippen LogP contribution in [-0.2, 0) is 11.3 Å². The molecular formula is C16H17BrN2O3. The molecule has 1 aliphatic heterocycles. The average Bonchev–Trinajstić information content (AvgIpc) is 2.95. The van der Waals surface area contributed by atoms with E-state index in [-0.39, 0.29) is 11.7 Å². The highest BCUT2D eigenvalue weighted by Gasteiger charge is 2.13. The summed E-state index contributed by atoms with van der Waals surface area (Å²) in [5.41, 5.74) is 1.93. The van der Waals surface area contributed by atoms with Crippen molar-refractivity contribution in [1.82, 2.24) is 4.90 Å². The lowest BCUT2D eigenvalue weighted by atomic mass is 10.2. The molecule has 1 aliphatic rings. The lowest BCUT2D eigenvalue weighted by molar-refractivity contribution is 0.0342. The number of morpholine rings is 1. The molecule has 0 atom stereocenters. The number of nitrogens with one attached hydrogen (secondary N) is 1. The fraction of sp³-hybridized carbons (Fsp3) is 0.312. The summed E-state index contributed by atoms with van der Waals surface area (Å²) in [5, 5.41) is 2.85. The van der Waals surface area contributed by atoms with Gasteiger partial charge >= 0.3 is 0 Å². The number of nitrogens with zero attached hydrogens (tertiary/aromatic N) is 1. The van der Waals surface area contributed by atoms with Crippen LogP contribution in [0.5, 0.6) is 0 Å². The van der Waals surface area contributed by atoms with Gasteiger partial charge in [-0.2, -0.15) is 0 Å². The van der Waals surface area contributed by atoms with E-state index in [1.807, 2.05) is 18.2 Å². The van der Waals surface area contributed by atoms with Gasteiger partial charge < -0.3 is 14.5 Å². The summed E-state index contributed by atoms with van der Waals surface area (Å²) < 4.78 is 11.1. The van der Waals surface area contributed by atoms with Crippen molar-refractivity contribution in [2.75, 3.05) is 31.6 Å². The molecule has 0 saturated carbocycles. The Morgan fingerprint density at radius 1 is 1.23 bits per heavy atom. The van der Waals surface area contributed by atoms with E-state index < -0.39 is 0 Å². The number of amides is 1. The van der Waals surface area contributed by atoms with Gasteiger partial charge in [-0.3, -0.25) is 9.69 Å². The first kappa shape index (κ1) is 15.3. The third-order valence-electron chi connectivity index (χ3n) is 3.49. The van der Waals surface area contributed by atoms with Crippen molar-refractivity contribution in [2.45, 2.75) is 6.54 Å². The Bertz CT molecular complexity index is 650. The molecule has 116 valence electrons. The van der Waals surface area contributed by atoms with E-state index in [4.69, 9.17) is 9.15 Å². The van der Waals surface area contributed by atoms with Crippen LogP contribution in [0.1, 0.15) is 16.1 Å². The number of anilines is 1. The normalized spacial score (nSPS) is 15.7. The Kier molecular flexibility index (Phi) is 4.92. The minimum absolute atomic E-state index is 0.255. The molecule has 5 nitrogen and oxygen atoms in total. The predicted molar refractivity (Wildman–Crippen MR) is 86.9 cm³/mol. The largest absolute Gasteiger partial charge is 0.444 e. The fourth-order valence-electron chi connectivity index (χ4n) is 2.39. The SMILES string of the molecule is O=C(Nc1cccc(CN2CCOCC2)c1)c1ccc(Br)o1. The maximum absolute atomic E-state index is 12.1. The molecule has 6 heteroatoms. The second kappa shape index (κ2) is 7.09. The molecule has 1 N–H and O–H groups in total. The molecule has 2 aromatic rings. The number of benzene rings is 1. The Morgan fingerprint density at radius 3 is 2.77 bits per heavy atom. The van der Waals surface area contributed by atoms with Gasteiger partial charge in [-0.1, -0.05) is 12.1 Å². The topological polar surface area (TPSA) is 54.7 Å². The van der Waals surface area contributed by atoms with Gasteiger partial charge in [-0.15, -0.1) is 0 Å². The van der Waals surface area contributed by atoms with Crippen molar-refractivity contribution in [3.8, 4) is 0 Å². The maximum Gasteiger partial charge on any atom is 0.291 e. The van der Waals surface area contributed by atoms with E-state index in [0.717, 1.165) is 38.5 Å². The molecule has 1 amide bonds. The highest BCUT2D eigenvalue weighted by molar-refractivity contribution is 9.10. The molecule has 0 aliphatic carbocycles. The molecule has 0 radical (unpaired) electrons. The van der Waals surface area contributed by atoms with Gasteiger partial charge in [-0.25, -0.2) is 0 Å². The lowest BCUT2D eigenvalue weighted by Crippen LogP contribution is -2.35. The third kappa shape index (κ3) is 3.97. The second-order valence-corrected chi connectivity index (χ2v) is 5.93. The number of ether oxygens (including phenoxy) is 1. The summed E-state index contributed by atoms with van der Waals surface area (Å²) in [5.74, 6) is 0.0275. The lowest BCUT2D eigenvalue weighted by Gasteiger charge is -2.26. The summed E-state index contributed by atoms with van der Waals surface area (Å²) in [6, 6.07) is 11.2. The number of hydrogen-bond acceptors (Lipinski definition) is 4. The number of hydrogen-bond donors (Lipinski definition) is 1. The molecule has 0 bridgehead atoms. The minimum Gasteiger partial charge on any atom is -0.444 e. The third-order valence-corrected chi connectivity index (χ3v) is 3.92. The zero-order valence-electron chi connectivity index (χ0n) is 12.0. The molecule has 22 heavy (non-hydrogen) atoms. The highest BCUT2D eigenvalue weighted by Crippen LogP contribution is 2.17. The second-order valence-electron chi connectivity index (χ2n) is 5.15. The zero-order chi connectivity index (χ0) is 15.4. The Labute approximate surface area is 137 Å². The first-order valence-corrected chi connectivity index (χ1v) is 7.96. The van der Waals surface area contributed by atoms with Crippen molar-refractivity contribution in [2.24, 2.45) is 0 Å². The molecule has 2 heterocycles. The van der Waals surface area contributed by atoms with Crippen molar-refractivity contribution in [1.29, 1.82) is 0 Å². The number of halogens is 1. The van der Waals surface area contributed by atoms with Gasteiger partial charge in [0.25, 0.3) is 5.91 Å². The Balaban J connectivity index is 1.64. The fourth-order valence-corrected chi connectivity index (χ4v) is 2.70. The van der Waals surface area contributed by atoms with Crippen LogP contribution in [-0.4, -0.2) is 37.1 Å². The summed E-state index contributed by atoms with van der Waals surface area (Å²) in [4.78, 5) is 14.4. The average molecular weight is 365 g/mol. The summed E-state index contributed by atoms with van der Waals surface area (Å²) in [6.07, 6.45) is 0. The van der Waals surface area contributed by atoms with Crippen LogP contribution in [0.4, 0.5) is 5.69 Å². The molecule has 1 aromatic carbocycles. The van der Waals surface area contributed by atoms with Gasteiger partial charge in [0.1, 0.15) is 0 Å². The molecule has 0 spiro atoms. The quantitative estimate of drug-likeness (QED) is 0.905. The Hall–Kier alpha value is -1.63. The number of carbonyl (C=O) groups is 1. The van der Waals surface area contributed by atoms with Crippen LogP contribution in [0.15, 0.2) is 45.5 Å². The first-order valence-electron chi connectivity index (χ1n) is 7.16. The van der Waals surface area contributed by atoms with E-state index in [2.05, 4.69) is 32.2 Å². The number of rotatable bonds is 4. The molecule has 0 unspecified atom stereocenters. The van der Waals surface area contributed by atoms with E-state index in [1.165, 1.54) is 5.56 Å². The van der Waals surface area contributed by atoms with Crippen molar-refractivity contribution in [3.05, 3.63) is 52.4 Å². The van der Waals surface area contributed by atoms with Gasteiger partial charge in [0.05, 0.1) is 13.2 Å². The van der Waals surface area contributed by atoms with Gasteiger partial charge in [-0.05, 0) is 45.8 Å². The van der Waals surface area contributed by atoms with Crippen LogP contribution >= 0.6 is 15.9 Å². The zero-order valence-corrected chi connectivity index (χ0v) is 13.6. The van der Waals surface area contributed by atoms with Gasteiger partial charge in [0, 0.05) is 25.3 Å². The smallest absolute Gasteiger partial charge is 0.291 e. The van der Waals surface area contributed by atoms with E-state index in [1.54, 1.807) is 12.1 Å². The minimum atomic E-state index is -0.255. The van der Waals surface area contributed by atoms with E-state index in [0.29, 0.717) is 4.67 Å². The van der Waals surface area contributed by atoms with Crippen LogP contribution in [0.3, 0.4) is 0 Å². The summed E-state index contributed by atoms with van der Waals surface area (Å²) >= 11 is 3.19. The molecular weight excluding hydrogens is 348 g/mol. The van der Waals surface area contributed by atoms with E-state index in [9.17, 15) is 4.79 Å². The van der Waals surface area contributed by atoms with Crippen LogP contribution in [0, 0.1) is 0 Å². The summed E-state index contributed by atoms with van der Waals surface area (Å²) in [6.45, 7) is 4.31. The maximum atomic E-state index is 12.1. The van der Waals surface area contributed by atoms with Crippen molar-refractivity contribution in [3.63, 3.8) is 0 Å². The Morgan fingerprint density at radius 2 is 2.05 bits per heavy atom. The number of carbonyl (C=O) groups excluding carboxylic acids is 1. The highest BCUT2D eigenvalue weighted by atomic mass is 79.9. The van der Waals surface area contributed by atoms with Gasteiger partial charge in [0.2, 0.25) is 0 Å². The van der Waals surface area contributed by atoms with Crippen molar-refractivity contribution < 1.29 is 13.9 Å².